The van der Waals surface area contributed by atoms with Gasteiger partial charge in [-0.3, -0.25) is 4.79 Å². The minimum atomic E-state index is -3.68. The van der Waals surface area contributed by atoms with Crippen molar-refractivity contribution < 1.29 is 22.8 Å². The van der Waals surface area contributed by atoms with Crippen molar-refractivity contribution in [3.8, 4) is 0 Å². The molecule has 9 heteroatoms. The van der Waals surface area contributed by atoms with Crippen molar-refractivity contribution in [1.29, 1.82) is 0 Å². The van der Waals surface area contributed by atoms with Crippen LogP contribution in [0.3, 0.4) is 0 Å². The average Bonchev–Trinajstić information content (AvgIpc) is 3.16. The Bertz CT molecular complexity index is 915. The van der Waals surface area contributed by atoms with Gasteiger partial charge in [0.25, 0.3) is 15.9 Å². The van der Waals surface area contributed by atoms with Gasteiger partial charge in [0, 0.05) is 36.0 Å². The van der Waals surface area contributed by atoms with Gasteiger partial charge < -0.3 is 4.74 Å². The normalized spacial score (nSPS) is 17.9. The Morgan fingerprint density at radius 1 is 1.26 bits per heavy atom. The molecule has 0 spiro atoms. The number of aromatic nitrogens is 1. The Kier molecular flexibility index (Phi) is 6.48. The van der Waals surface area contributed by atoms with Gasteiger partial charge in [0.1, 0.15) is 0 Å². The summed E-state index contributed by atoms with van der Waals surface area (Å²) in [4.78, 5) is 17.2. The molecular weight excluding hydrogens is 436 g/mol. The number of hydrogen-bond donors (Lipinski definition) is 1. The van der Waals surface area contributed by atoms with E-state index in [1.165, 1.54) is 36.7 Å². The molecule has 7 nitrogen and oxygen atoms in total. The summed E-state index contributed by atoms with van der Waals surface area (Å²) in [5, 5.41) is 0. The van der Waals surface area contributed by atoms with E-state index >= 15 is 0 Å². The molecule has 1 aliphatic rings. The third-order valence-corrected chi connectivity index (χ3v) is 6.11. The van der Waals surface area contributed by atoms with E-state index in [9.17, 15) is 13.2 Å². The second kappa shape index (κ2) is 8.83. The first-order valence-corrected chi connectivity index (χ1v) is 10.6. The lowest BCUT2D eigenvalue weighted by Gasteiger charge is -2.21. The maximum atomic E-state index is 12.6. The van der Waals surface area contributed by atoms with E-state index in [2.05, 4.69) is 21.4 Å². The van der Waals surface area contributed by atoms with Crippen LogP contribution >= 0.6 is 15.9 Å². The topological polar surface area (TPSA) is 86.6 Å². The number of rotatable bonds is 6. The van der Waals surface area contributed by atoms with Crippen LogP contribution in [-0.2, 0) is 24.4 Å². The number of nitrogens with one attached hydrogen (secondary N) is 1. The van der Waals surface area contributed by atoms with Gasteiger partial charge in [0.15, 0.2) is 6.29 Å². The van der Waals surface area contributed by atoms with Gasteiger partial charge in [-0.25, -0.2) is 22.7 Å². The second-order valence-electron chi connectivity index (χ2n) is 5.95. The molecule has 1 aliphatic heterocycles. The number of hydroxylamine groups is 1. The van der Waals surface area contributed by atoms with Crippen LogP contribution < -0.4 is 5.48 Å². The molecule has 1 aromatic carbocycles. The first-order chi connectivity index (χ1) is 12.9. The zero-order valence-electron chi connectivity index (χ0n) is 14.4. The molecule has 3 rings (SSSR count). The predicted molar refractivity (Wildman–Crippen MR) is 103 cm³/mol. The van der Waals surface area contributed by atoms with Crippen LogP contribution in [0.15, 0.2) is 58.2 Å². The zero-order chi connectivity index (χ0) is 19.3. The van der Waals surface area contributed by atoms with Crippen LogP contribution in [0.2, 0.25) is 0 Å². The molecular formula is C18H19BrN2O5S. The molecule has 1 aromatic heterocycles. The Hall–Kier alpha value is -1.94. The van der Waals surface area contributed by atoms with Crippen molar-refractivity contribution in [2.24, 2.45) is 0 Å². The summed E-state index contributed by atoms with van der Waals surface area (Å²) in [6.07, 6.45) is 7.95. The minimum absolute atomic E-state index is 0.176. The van der Waals surface area contributed by atoms with E-state index in [0.29, 0.717) is 12.2 Å². The Balaban J connectivity index is 1.60. The van der Waals surface area contributed by atoms with Crippen molar-refractivity contribution in [1.82, 2.24) is 9.45 Å². The van der Waals surface area contributed by atoms with Gasteiger partial charge in [-0.15, -0.1) is 0 Å². The fraction of sp³-hybridized carbons (Fsp3) is 0.278. The lowest BCUT2D eigenvalue weighted by atomic mass is 10.2. The molecule has 0 aliphatic carbocycles. The van der Waals surface area contributed by atoms with Crippen LogP contribution in [-0.4, -0.2) is 31.2 Å². The van der Waals surface area contributed by atoms with Crippen molar-refractivity contribution >= 4 is 37.9 Å². The van der Waals surface area contributed by atoms with Gasteiger partial charge in [-0.1, -0.05) is 15.9 Å². The molecule has 0 bridgehead atoms. The van der Waals surface area contributed by atoms with E-state index in [0.717, 1.165) is 27.7 Å². The summed E-state index contributed by atoms with van der Waals surface area (Å²) in [6, 6.07) is 7.97. The molecule has 1 amide bonds. The number of hydrogen-bond acceptors (Lipinski definition) is 5. The molecule has 1 fully saturated rings. The van der Waals surface area contributed by atoms with E-state index in [1.54, 1.807) is 18.2 Å². The molecule has 1 unspecified atom stereocenters. The lowest BCUT2D eigenvalue weighted by molar-refractivity contribution is -0.198. The van der Waals surface area contributed by atoms with E-state index < -0.39 is 22.2 Å². The smallest absolute Gasteiger partial charge is 0.267 e. The van der Waals surface area contributed by atoms with Crippen molar-refractivity contribution in [2.45, 2.75) is 30.4 Å². The molecule has 2 aromatic rings. The molecule has 1 N–H and O–H groups in total. The number of amides is 1. The highest BCUT2D eigenvalue weighted by atomic mass is 79.9. The van der Waals surface area contributed by atoms with Gasteiger partial charge in [0.2, 0.25) is 0 Å². The maximum Gasteiger partial charge on any atom is 0.267 e. The standard InChI is InChI=1S/C18H19BrN2O5S/c19-15-5-7-16(8-6-15)27(23,24)21-11-10-14(13-21)4-9-17(22)20-26-18-3-1-2-12-25-18/h4-11,13,18H,1-3,12H2,(H,20,22). The number of ether oxygens (including phenoxy) is 1. The number of benzene rings is 1. The van der Waals surface area contributed by atoms with E-state index in [1.807, 2.05) is 0 Å². The number of carbonyl (C=O) groups is 1. The minimum Gasteiger partial charge on any atom is -0.350 e. The molecule has 2 heterocycles. The lowest BCUT2D eigenvalue weighted by Crippen LogP contribution is -2.32. The quantitative estimate of drug-likeness (QED) is 0.535. The molecule has 27 heavy (non-hydrogen) atoms. The fourth-order valence-electron chi connectivity index (χ4n) is 2.50. The van der Waals surface area contributed by atoms with Crippen LogP contribution in [0.1, 0.15) is 24.8 Å². The van der Waals surface area contributed by atoms with Crippen molar-refractivity contribution in [3.05, 3.63) is 58.8 Å². The van der Waals surface area contributed by atoms with Crippen molar-refractivity contribution in [3.63, 3.8) is 0 Å². The zero-order valence-corrected chi connectivity index (χ0v) is 16.8. The van der Waals surface area contributed by atoms with E-state index in [4.69, 9.17) is 9.57 Å². The summed E-state index contributed by atoms with van der Waals surface area (Å²) in [5.74, 6) is -0.451. The highest BCUT2D eigenvalue weighted by Gasteiger charge is 2.17. The van der Waals surface area contributed by atoms with Crippen LogP contribution in [0.4, 0.5) is 0 Å². The second-order valence-corrected chi connectivity index (χ2v) is 8.71. The Morgan fingerprint density at radius 3 is 2.74 bits per heavy atom. The molecule has 0 radical (unpaired) electrons. The summed E-state index contributed by atoms with van der Waals surface area (Å²) >= 11 is 3.28. The SMILES string of the molecule is O=C(C=Cc1ccn(S(=O)(=O)c2ccc(Br)cc2)c1)NOC1CCCCO1. The average molecular weight is 455 g/mol. The van der Waals surface area contributed by atoms with E-state index in [-0.39, 0.29) is 4.90 Å². The van der Waals surface area contributed by atoms with Gasteiger partial charge in [-0.05, 0) is 54.8 Å². The highest BCUT2D eigenvalue weighted by Crippen LogP contribution is 2.18. The predicted octanol–water partition coefficient (Wildman–Crippen LogP) is 3.08. The first kappa shape index (κ1) is 19.8. The van der Waals surface area contributed by atoms with Gasteiger partial charge in [0.05, 0.1) is 4.90 Å². The first-order valence-electron chi connectivity index (χ1n) is 8.39. The van der Waals surface area contributed by atoms with Gasteiger partial charge in [-0.2, -0.15) is 0 Å². The largest absolute Gasteiger partial charge is 0.350 e. The summed E-state index contributed by atoms with van der Waals surface area (Å²) in [7, 11) is -3.68. The van der Waals surface area contributed by atoms with Crippen LogP contribution in [0.5, 0.6) is 0 Å². The number of halogens is 1. The molecule has 1 saturated heterocycles. The summed E-state index contributed by atoms with van der Waals surface area (Å²) in [6.45, 7) is 0.622. The highest BCUT2D eigenvalue weighted by molar-refractivity contribution is 9.10. The number of nitrogens with zero attached hydrogens (tertiary/aromatic N) is 1. The molecule has 0 saturated carbocycles. The monoisotopic (exact) mass is 454 g/mol. The fourth-order valence-corrected chi connectivity index (χ4v) is 3.97. The third-order valence-electron chi connectivity index (χ3n) is 3.94. The Morgan fingerprint density at radius 2 is 2.04 bits per heavy atom. The number of carbonyl (C=O) groups excluding carboxylic acids is 1. The van der Waals surface area contributed by atoms with Crippen molar-refractivity contribution in [2.75, 3.05) is 6.61 Å². The molecule has 144 valence electrons. The molecule has 1 atom stereocenters. The van der Waals surface area contributed by atoms with Crippen LogP contribution in [0, 0.1) is 0 Å². The Labute approximate surface area is 166 Å². The summed E-state index contributed by atoms with van der Waals surface area (Å²) < 4.78 is 32.4. The third kappa shape index (κ3) is 5.29. The maximum absolute atomic E-state index is 12.6. The van der Waals surface area contributed by atoms with Crippen LogP contribution in [0.25, 0.3) is 6.08 Å². The van der Waals surface area contributed by atoms with Gasteiger partial charge >= 0.3 is 0 Å². The summed E-state index contributed by atoms with van der Waals surface area (Å²) in [5.41, 5.74) is 2.88.